The quantitative estimate of drug-likeness (QED) is 0.544. The first-order valence-corrected chi connectivity index (χ1v) is 4.79. The highest BCUT2D eigenvalue weighted by Crippen LogP contribution is 2.25. The van der Waals surface area contributed by atoms with Crippen LogP contribution in [0.4, 0.5) is 0 Å². The molecule has 0 saturated heterocycles. The molecule has 0 aromatic heterocycles. The van der Waals surface area contributed by atoms with Crippen LogP contribution < -0.4 is 5.73 Å². The van der Waals surface area contributed by atoms with E-state index in [9.17, 15) is 9.90 Å². The summed E-state index contributed by atoms with van der Waals surface area (Å²) in [6.07, 6.45) is 3.90. The molecule has 1 saturated carbocycles. The maximum atomic E-state index is 10.6. The highest BCUT2D eigenvalue weighted by molar-refractivity contribution is 5.73. The predicted octanol–water partition coefficient (Wildman–Crippen LogP) is 0.339. The van der Waals surface area contributed by atoms with Gasteiger partial charge in [-0.05, 0) is 12.8 Å². The molecule has 1 aliphatic rings. The normalized spacial score (nSPS) is 32.2. The molecule has 1 fully saturated rings. The first kappa shape index (κ1) is 10.5. The van der Waals surface area contributed by atoms with Gasteiger partial charge in [0.2, 0.25) is 0 Å². The highest BCUT2D eigenvalue weighted by atomic mass is 16.4. The Morgan fingerprint density at radius 2 is 1.92 bits per heavy atom. The van der Waals surface area contributed by atoms with Crippen LogP contribution in [-0.2, 0) is 4.79 Å². The summed E-state index contributed by atoms with van der Waals surface area (Å²) in [4.78, 5) is 10.6. The number of hydrogen-bond donors (Lipinski definition) is 3. The van der Waals surface area contributed by atoms with Crippen LogP contribution in [0.5, 0.6) is 0 Å². The molecule has 4 nitrogen and oxygen atoms in total. The summed E-state index contributed by atoms with van der Waals surface area (Å²) in [6.45, 7) is 0. The molecule has 0 amide bonds. The van der Waals surface area contributed by atoms with E-state index in [4.69, 9.17) is 10.8 Å². The number of carbonyl (C=O) groups is 1. The van der Waals surface area contributed by atoms with Gasteiger partial charge in [0.15, 0.2) is 0 Å². The third-order valence-electron chi connectivity index (χ3n) is 2.78. The monoisotopic (exact) mass is 187 g/mol. The van der Waals surface area contributed by atoms with Crippen LogP contribution in [0.15, 0.2) is 0 Å². The lowest BCUT2D eigenvalue weighted by atomic mass is 9.90. The van der Waals surface area contributed by atoms with E-state index in [0.29, 0.717) is 6.42 Å². The molecule has 0 aliphatic heterocycles. The average Bonchev–Trinajstić information content (AvgIpc) is 2.28. The number of hydrogen-bond acceptors (Lipinski definition) is 3. The van der Waals surface area contributed by atoms with E-state index in [1.807, 2.05) is 0 Å². The predicted molar refractivity (Wildman–Crippen MR) is 48.2 cm³/mol. The van der Waals surface area contributed by atoms with E-state index in [1.54, 1.807) is 0 Å². The van der Waals surface area contributed by atoms with Crippen molar-refractivity contribution in [2.75, 3.05) is 0 Å². The molecule has 4 N–H and O–H groups in total. The smallest absolute Gasteiger partial charge is 0.320 e. The van der Waals surface area contributed by atoms with Crippen molar-refractivity contribution in [2.24, 2.45) is 11.7 Å². The van der Waals surface area contributed by atoms with Gasteiger partial charge in [-0.25, -0.2) is 0 Å². The fourth-order valence-electron chi connectivity index (χ4n) is 1.92. The Labute approximate surface area is 77.7 Å². The van der Waals surface area contributed by atoms with E-state index in [1.165, 1.54) is 0 Å². The average molecular weight is 187 g/mol. The Morgan fingerprint density at radius 3 is 2.54 bits per heavy atom. The zero-order valence-corrected chi connectivity index (χ0v) is 7.65. The third kappa shape index (κ3) is 2.67. The van der Waals surface area contributed by atoms with Gasteiger partial charge in [-0.3, -0.25) is 4.79 Å². The molecule has 4 heteroatoms. The molecule has 0 heterocycles. The molecule has 1 aliphatic carbocycles. The first-order valence-electron chi connectivity index (χ1n) is 4.79. The van der Waals surface area contributed by atoms with Crippen LogP contribution >= 0.6 is 0 Å². The van der Waals surface area contributed by atoms with Gasteiger partial charge in [0.05, 0.1) is 6.10 Å². The van der Waals surface area contributed by atoms with Crippen molar-refractivity contribution < 1.29 is 15.0 Å². The minimum atomic E-state index is -1.01. The van der Waals surface area contributed by atoms with Gasteiger partial charge >= 0.3 is 5.97 Å². The van der Waals surface area contributed by atoms with E-state index >= 15 is 0 Å². The molecule has 13 heavy (non-hydrogen) atoms. The van der Waals surface area contributed by atoms with Crippen molar-refractivity contribution >= 4 is 5.97 Å². The largest absolute Gasteiger partial charge is 0.480 e. The summed E-state index contributed by atoms with van der Waals surface area (Å²) < 4.78 is 0. The Kier molecular flexibility index (Phi) is 3.69. The van der Waals surface area contributed by atoms with Crippen LogP contribution in [0.25, 0.3) is 0 Å². The maximum Gasteiger partial charge on any atom is 0.320 e. The van der Waals surface area contributed by atoms with Gasteiger partial charge in [-0.15, -0.1) is 0 Å². The minimum absolute atomic E-state index is 0.264. The molecule has 3 atom stereocenters. The lowest BCUT2D eigenvalue weighted by Gasteiger charge is -2.23. The molecular formula is C9H17NO3. The fourth-order valence-corrected chi connectivity index (χ4v) is 1.92. The Morgan fingerprint density at radius 1 is 1.31 bits per heavy atom. The van der Waals surface area contributed by atoms with Crippen molar-refractivity contribution in [3.63, 3.8) is 0 Å². The van der Waals surface area contributed by atoms with Gasteiger partial charge < -0.3 is 15.9 Å². The zero-order chi connectivity index (χ0) is 9.84. The molecule has 0 radical (unpaired) electrons. The first-order chi connectivity index (χ1) is 6.13. The summed E-state index contributed by atoms with van der Waals surface area (Å²) in [5, 5.41) is 18.3. The van der Waals surface area contributed by atoms with Gasteiger partial charge in [0.1, 0.15) is 6.04 Å². The van der Waals surface area contributed by atoms with Crippen molar-refractivity contribution in [2.45, 2.75) is 44.2 Å². The highest BCUT2D eigenvalue weighted by Gasteiger charge is 2.31. The van der Waals surface area contributed by atoms with Gasteiger partial charge in [-0.1, -0.05) is 19.3 Å². The van der Waals surface area contributed by atoms with Crippen LogP contribution in [0.2, 0.25) is 0 Å². The fraction of sp³-hybridized carbons (Fsp3) is 0.889. The number of rotatable bonds is 2. The molecule has 0 aromatic carbocycles. The number of aliphatic hydroxyl groups is 1. The molecular weight excluding hydrogens is 170 g/mol. The summed E-state index contributed by atoms with van der Waals surface area (Å²) in [6, 6.07) is -0.909. The minimum Gasteiger partial charge on any atom is -0.480 e. The molecule has 0 spiro atoms. The second kappa shape index (κ2) is 4.58. The maximum absolute atomic E-state index is 10.6. The van der Waals surface area contributed by atoms with Gasteiger partial charge in [0.25, 0.3) is 0 Å². The summed E-state index contributed by atoms with van der Waals surface area (Å²) in [5.74, 6) is -1.27. The van der Waals surface area contributed by atoms with Crippen LogP contribution in [-0.4, -0.2) is 28.3 Å². The third-order valence-corrected chi connectivity index (χ3v) is 2.78. The molecule has 1 unspecified atom stereocenters. The lowest BCUT2D eigenvalue weighted by molar-refractivity contribution is -0.141. The lowest BCUT2D eigenvalue weighted by Crippen LogP contribution is -2.43. The Hall–Kier alpha value is -0.610. The van der Waals surface area contributed by atoms with Gasteiger partial charge in [0, 0.05) is 5.92 Å². The van der Waals surface area contributed by atoms with E-state index in [-0.39, 0.29) is 5.92 Å². The number of aliphatic hydroxyl groups excluding tert-OH is 1. The molecule has 0 aromatic rings. The summed E-state index contributed by atoms with van der Waals surface area (Å²) >= 11 is 0. The summed E-state index contributed by atoms with van der Waals surface area (Å²) in [5.41, 5.74) is 5.49. The Balaban J connectivity index is 2.58. The topological polar surface area (TPSA) is 83.6 Å². The Bertz CT molecular complexity index is 184. The van der Waals surface area contributed by atoms with Crippen molar-refractivity contribution in [1.29, 1.82) is 0 Å². The van der Waals surface area contributed by atoms with Crippen LogP contribution in [0.3, 0.4) is 0 Å². The number of carboxylic acid groups (broad SMARTS) is 1. The van der Waals surface area contributed by atoms with Crippen molar-refractivity contribution in [3.05, 3.63) is 0 Å². The summed E-state index contributed by atoms with van der Waals surface area (Å²) in [7, 11) is 0. The second-order valence-electron chi connectivity index (χ2n) is 3.73. The standard InChI is InChI=1S/C9H17NO3/c10-8(9(12)13)6-4-2-1-3-5-7(6)11/h6-8,11H,1-5,10H2,(H,12,13)/t6-,7?,8-/m1/s1. The van der Waals surface area contributed by atoms with Crippen molar-refractivity contribution in [1.82, 2.24) is 0 Å². The number of aliphatic carboxylic acids is 1. The van der Waals surface area contributed by atoms with Crippen LogP contribution in [0.1, 0.15) is 32.1 Å². The zero-order valence-electron chi connectivity index (χ0n) is 7.65. The number of nitrogens with two attached hydrogens (primary N) is 1. The van der Waals surface area contributed by atoms with Crippen molar-refractivity contribution in [3.8, 4) is 0 Å². The second-order valence-corrected chi connectivity index (χ2v) is 3.73. The van der Waals surface area contributed by atoms with Gasteiger partial charge in [-0.2, -0.15) is 0 Å². The van der Waals surface area contributed by atoms with E-state index < -0.39 is 18.1 Å². The van der Waals surface area contributed by atoms with Crippen LogP contribution in [0, 0.1) is 5.92 Å². The molecule has 0 bridgehead atoms. The SMILES string of the molecule is N[C@@H](C(=O)O)[C@@H]1CCCCCC1O. The molecule has 76 valence electrons. The molecule has 1 rings (SSSR count). The van der Waals surface area contributed by atoms with E-state index in [2.05, 4.69) is 0 Å². The number of carboxylic acids is 1. The van der Waals surface area contributed by atoms with E-state index in [0.717, 1.165) is 25.7 Å².